The van der Waals surface area contributed by atoms with E-state index in [-0.39, 0.29) is 5.69 Å². The summed E-state index contributed by atoms with van der Waals surface area (Å²) in [5.41, 5.74) is 6.81. The number of methoxy groups -OCH3 is 1. The maximum Gasteiger partial charge on any atom is 0.273 e. The standard InChI is InChI=1S/C11H12N4O3/c1-18-11-6-9(15(16)17)2-3-10(11)14-5-4-8(7-12)13-14/h2-6H,7,12H2,1H3. The Hall–Kier alpha value is -2.41. The van der Waals surface area contributed by atoms with Gasteiger partial charge in [-0.2, -0.15) is 5.10 Å². The van der Waals surface area contributed by atoms with E-state index in [1.54, 1.807) is 23.0 Å². The summed E-state index contributed by atoms with van der Waals surface area (Å²) in [5.74, 6) is 0.385. The third kappa shape index (κ3) is 2.16. The second-order valence-electron chi connectivity index (χ2n) is 3.57. The lowest BCUT2D eigenvalue weighted by Gasteiger charge is -2.07. The summed E-state index contributed by atoms with van der Waals surface area (Å²) in [7, 11) is 1.45. The van der Waals surface area contributed by atoms with Crippen LogP contribution in [0.3, 0.4) is 0 Å². The Kier molecular flexibility index (Phi) is 3.24. The summed E-state index contributed by atoms with van der Waals surface area (Å²) in [4.78, 5) is 10.2. The van der Waals surface area contributed by atoms with Crippen LogP contribution in [0.2, 0.25) is 0 Å². The van der Waals surface area contributed by atoms with Gasteiger partial charge in [0.25, 0.3) is 5.69 Å². The van der Waals surface area contributed by atoms with Crippen molar-refractivity contribution in [2.45, 2.75) is 6.54 Å². The molecule has 1 heterocycles. The molecule has 18 heavy (non-hydrogen) atoms. The average molecular weight is 248 g/mol. The zero-order valence-corrected chi connectivity index (χ0v) is 9.74. The Balaban J connectivity index is 2.47. The topological polar surface area (TPSA) is 96.2 Å². The van der Waals surface area contributed by atoms with Gasteiger partial charge >= 0.3 is 0 Å². The lowest BCUT2D eigenvalue weighted by Crippen LogP contribution is -2.02. The van der Waals surface area contributed by atoms with Crippen LogP contribution in [0.1, 0.15) is 5.69 Å². The van der Waals surface area contributed by atoms with Crippen molar-refractivity contribution in [3.63, 3.8) is 0 Å². The minimum absolute atomic E-state index is 0.0261. The Morgan fingerprint density at radius 1 is 1.50 bits per heavy atom. The number of hydrogen-bond donors (Lipinski definition) is 1. The molecule has 2 aromatic rings. The van der Waals surface area contributed by atoms with Crippen molar-refractivity contribution in [2.75, 3.05) is 7.11 Å². The van der Waals surface area contributed by atoms with Gasteiger partial charge in [-0.1, -0.05) is 0 Å². The molecule has 1 aromatic carbocycles. The van der Waals surface area contributed by atoms with Crippen LogP contribution in [0.25, 0.3) is 5.69 Å². The first-order valence-electron chi connectivity index (χ1n) is 5.23. The summed E-state index contributed by atoms with van der Waals surface area (Å²) in [6, 6.07) is 6.13. The number of non-ortho nitro benzene ring substituents is 1. The predicted molar refractivity (Wildman–Crippen MR) is 64.7 cm³/mol. The van der Waals surface area contributed by atoms with Gasteiger partial charge in [0.2, 0.25) is 0 Å². The van der Waals surface area contributed by atoms with E-state index in [9.17, 15) is 10.1 Å². The zero-order chi connectivity index (χ0) is 13.1. The van der Waals surface area contributed by atoms with E-state index in [2.05, 4.69) is 5.10 Å². The maximum absolute atomic E-state index is 10.7. The smallest absolute Gasteiger partial charge is 0.273 e. The van der Waals surface area contributed by atoms with Crippen LogP contribution in [0.4, 0.5) is 5.69 Å². The highest BCUT2D eigenvalue weighted by Gasteiger charge is 2.13. The maximum atomic E-state index is 10.7. The van der Waals surface area contributed by atoms with E-state index in [4.69, 9.17) is 10.5 Å². The Morgan fingerprint density at radius 2 is 2.28 bits per heavy atom. The molecule has 1 aromatic heterocycles. The third-order valence-electron chi connectivity index (χ3n) is 2.47. The molecule has 0 amide bonds. The highest BCUT2D eigenvalue weighted by atomic mass is 16.6. The Bertz CT molecular complexity index is 579. The summed E-state index contributed by atoms with van der Waals surface area (Å²) in [6.07, 6.45) is 1.73. The van der Waals surface area contributed by atoms with Gasteiger partial charge in [-0.05, 0) is 12.1 Å². The SMILES string of the molecule is COc1cc([N+](=O)[O-])ccc1-n1ccc(CN)n1. The molecule has 2 rings (SSSR count). The molecule has 0 fully saturated rings. The third-order valence-corrected chi connectivity index (χ3v) is 2.47. The van der Waals surface area contributed by atoms with Crippen LogP contribution in [-0.2, 0) is 6.54 Å². The first-order chi connectivity index (χ1) is 8.65. The minimum Gasteiger partial charge on any atom is -0.494 e. The summed E-state index contributed by atoms with van der Waals surface area (Å²) in [5, 5.41) is 14.9. The number of nitrogens with two attached hydrogens (primary N) is 1. The number of aromatic nitrogens is 2. The van der Waals surface area contributed by atoms with Gasteiger partial charge in [0, 0.05) is 18.8 Å². The molecule has 0 aliphatic carbocycles. The number of nitro benzene ring substituents is 1. The predicted octanol–water partition coefficient (Wildman–Crippen LogP) is 1.25. The van der Waals surface area contributed by atoms with Crippen LogP contribution >= 0.6 is 0 Å². The van der Waals surface area contributed by atoms with Crippen molar-refractivity contribution >= 4 is 5.69 Å². The Labute approximate surface area is 103 Å². The molecule has 0 saturated heterocycles. The molecule has 0 spiro atoms. The normalized spacial score (nSPS) is 10.3. The van der Waals surface area contributed by atoms with Crippen molar-refractivity contribution in [2.24, 2.45) is 5.73 Å². The van der Waals surface area contributed by atoms with Crippen molar-refractivity contribution in [3.8, 4) is 11.4 Å². The van der Waals surface area contributed by atoms with Gasteiger partial charge in [-0.15, -0.1) is 0 Å². The lowest BCUT2D eigenvalue weighted by molar-refractivity contribution is -0.384. The number of nitrogens with zero attached hydrogens (tertiary/aromatic N) is 3. The van der Waals surface area contributed by atoms with E-state index >= 15 is 0 Å². The minimum atomic E-state index is -0.472. The fraction of sp³-hybridized carbons (Fsp3) is 0.182. The zero-order valence-electron chi connectivity index (χ0n) is 9.74. The average Bonchev–Trinajstić information content (AvgIpc) is 2.86. The quantitative estimate of drug-likeness (QED) is 0.648. The fourth-order valence-corrected chi connectivity index (χ4v) is 1.57. The molecule has 0 aliphatic rings. The number of nitro groups is 1. The fourth-order valence-electron chi connectivity index (χ4n) is 1.57. The molecule has 2 N–H and O–H groups in total. The monoisotopic (exact) mass is 248 g/mol. The summed E-state index contributed by atoms with van der Waals surface area (Å²) >= 11 is 0. The van der Waals surface area contributed by atoms with Gasteiger partial charge in [0.05, 0.1) is 23.8 Å². The van der Waals surface area contributed by atoms with Crippen molar-refractivity contribution < 1.29 is 9.66 Å². The molecule has 7 heteroatoms. The molecule has 0 aliphatic heterocycles. The van der Waals surface area contributed by atoms with E-state index in [0.29, 0.717) is 18.0 Å². The summed E-state index contributed by atoms with van der Waals surface area (Å²) < 4.78 is 6.71. The van der Waals surface area contributed by atoms with Gasteiger partial charge in [0.15, 0.2) is 5.75 Å². The Morgan fingerprint density at radius 3 is 2.83 bits per heavy atom. The second-order valence-corrected chi connectivity index (χ2v) is 3.57. The molecule has 0 bridgehead atoms. The molecule has 0 atom stereocenters. The van der Waals surface area contributed by atoms with E-state index in [0.717, 1.165) is 5.69 Å². The largest absolute Gasteiger partial charge is 0.494 e. The number of ether oxygens (including phenoxy) is 1. The van der Waals surface area contributed by atoms with E-state index < -0.39 is 4.92 Å². The molecule has 7 nitrogen and oxygen atoms in total. The number of rotatable bonds is 4. The lowest BCUT2D eigenvalue weighted by atomic mass is 10.2. The number of benzene rings is 1. The van der Waals surface area contributed by atoms with Gasteiger partial charge in [-0.25, -0.2) is 4.68 Å². The second kappa shape index (κ2) is 4.84. The highest BCUT2D eigenvalue weighted by Crippen LogP contribution is 2.27. The molecule has 0 unspecified atom stereocenters. The van der Waals surface area contributed by atoms with E-state index in [1.807, 2.05) is 0 Å². The number of hydrogen-bond acceptors (Lipinski definition) is 5. The van der Waals surface area contributed by atoms with Crippen LogP contribution in [0.5, 0.6) is 5.75 Å². The molecular formula is C11H12N4O3. The van der Waals surface area contributed by atoms with Gasteiger partial charge in [-0.3, -0.25) is 10.1 Å². The first kappa shape index (κ1) is 12.1. The van der Waals surface area contributed by atoms with Gasteiger partial charge < -0.3 is 10.5 Å². The van der Waals surface area contributed by atoms with Gasteiger partial charge in [0.1, 0.15) is 5.69 Å². The van der Waals surface area contributed by atoms with E-state index in [1.165, 1.54) is 19.2 Å². The van der Waals surface area contributed by atoms with Crippen molar-refractivity contribution in [3.05, 3.63) is 46.3 Å². The molecule has 94 valence electrons. The van der Waals surface area contributed by atoms with Crippen LogP contribution in [-0.4, -0.2) is 21.8 Å². The highest BCUT2D eigenvalue weighted by molar-refractivity contribution is 5.52. The molecule has 0 saturated carbocycles. The van der Waals surface area contributed by atoms with Crippen molar-refractivity contribution in [1.82, 2.24) is 9.78 Å². The van der Waals surface area contributed by atoms with Crippen LogP contribution in [0.15, 0.2) is 30.5 Å². The molecule has 0 radical (unpaired) electrons. The first-order valence-corrected chi connectivity index (χ1v) is 5.23. The van der Waals surface area contributed by atoms with Crippen LogP contribution in [0, 0.1) is 10.1 Å². The van der Waals surface area contributed by atoms with Crippen molar-refractivity contribution in [1.29, 1.82) is 0 Å². The van der Waals surface area contributed by atoms with Crippen LogP contribution < -0.4 is 10.5 Å². The molecular weight excluding hydrogens is 236 g/mol. The summed E-state index contributed by atoms with van der Waals surface area (Å²) in [6.45, 7) is 0.336.